The molecule has 0 bridgehead atoms. The molecule has 1 fully saturated rings. The second-order valence-electron chi connectivity index (χ2n) is 8.15. The van der Waals surface area contributed by atoms with E-state index in [-0.39, 0.29) is 17.9 Å². The SMILES string of the molecule is O=C(NC1Cc2ccccc2C1)C1c2ccccc2CC(=O)N1CC1CC1. The van der Waals surface area contributed by atoms with Crippen molar-refractivity contribution in [3.05, 3.63) is 70.8 Å². The Labute approximate surface area is 159 Å². The summed E-state index contributed by atoms with van der Waals surface area (Å²) in [6, 6.07) is 15.9. The van der Waals surface area contributed by atoms with Crippen LogP contribution >= 0.6 is 0 Å². The maximum Gasteiger partial charge on any atom is 0.247 e. The lowest BCUT2D eigenvalue weighted by molar-refractivity contribution is -0.142. The van der Waals surface area contributed by atoms with Crippen LogP contribution in [0.5, 0.6) is 0 Å². The number of hydrogen-bond donors (Lipinski definition) is 1. The van der Waals surface area contributed by atoms with Crippen molar-refractivity contribution < 1.29 is 9.59 Å². The summed E-state index contributed by atoms with van der Waals surface area (Å²) in [4.78, 5) is 27.9. The van der Waals surface area contributed by atoms with Crippen molar-refractivity contribution in [1.82, 2.24) is 10.2 Å². The minimum Gasteiger partial charge on any atom is -0.351 e. The molecule has 2 aromatic carbocycles. The Morgan fingerprint density at radius 1 is 0.963 bits per heavy atom. The lowest BCUT2D eigenvalue weighted by Crippen LogP contribution is -2.50. The second kappa shape index (κ2) is 6.52. The summed E-state index contributed by atoms with van der Waals surface area (Å²) in [6.07, 6.45) is 4.47. The van der Waals surface area contributed by atoms with Crippen molar-refractivity contribution in [3.8, 4) is 0 Å². The predicted octanol–water partition coefficient (Wildman–Crippen LogP) is 2.81. The Balaban J connectivity index is 1.40. The summed E-state index contributed by atoms with van der Waals surface area (Å²) in [5.41, 5.74) is 4.62. The number of fused-ring (bicyclic) bond motifs is 2. The minimum absolute atomic E-state index is 0.0334. The lowest BCUT2D eigenvalue weighted by Gasteiger charge is -2.37. The van der Waals surface area contributed by atoms with Crippen LogP contribution in [0.1, 0.15) is 41.1 Å². The van der Waals surface area contributed by atoms with Gasteiger partial charge in [0.25, 0.3) is 0 Å². The number of nitrogens with zero attached hydrogens (tertiary/aromatic N) is 1. The quantitative estimate of drug-likeness (QED) is 0.911. The molecule has 0 radical (unpaired) electrons. The fraction of sp³-hybridized carbons (Fsp3) is 0.391. The monoisotopic (exact) mass is 360 g/mol. The summed E-state index contributed by atoms with van der Waals surface area (Å²) < 4.78 is 0. The first-order valence-corrected chi connectivity index (χ1v) is 9.93. The Bertz CT molecular complexity index is 878. The van der Waals surface area contributed by atoms with Gasteiger partial charge in [-0.25, -0.2) is 0 Å². The molecule has 1 atom stereocenters. The van der Waals surface area contributed by atoms with Crippen molar-refractivity contribution in [1.29, 1.82) is 0 Å². The first kappa shape index (κ1) is 16.5. The van der Waals surface area contributed by atoms with Gasteiger partial charge in [0.15, 0.2) is 0 Å². The summed E-state index contributed by atoms with van der Waals surface area (Å²) in [5.74, 6) is 0.606. The Morgan fingerprint density at radius 2 is 1.59 bits per heavy atom. The molecule has 1 heterocycles. The molecular weight excluding hydrogens is 336 g/mol. The van der Waals surface area contributed by atoms with E-state index in [4.69, 9.17) is 0 Å². The van der Waals surface area contributed by atoms with Crippen LogP contribution in [0.4, 0.5) is 0 Å². The van der Waals surface area contributed by atoms with E-state index in [1.54, 1.807) is 0 Å². The van der Waals surface area contributed by atoms with E-state index >= 15 is 0 Å². The second-order valence-corrected chi connectivity index (χ2v) is 8.15. The van der Waals surface area contributed by atoms with Crippen LogP contribution in [0.3, 0.4) is 0 Å². The van der Waals surface area contributed by atoms with Crippen LogP contribution < -0.4 is 5.32 Å². The number of amides is 2. The molecule has 1 unspecified atom stereocenters. The van der Waals surface area contributed by atoms with Gasteiger partial charge in [-0.1, -0.05) is 48.5 Å². The van der Waals surface area contributed by atoms with Gasteiger partial charge in [-0.15, -0.1) is 0 Å². The molecule has 2 aromatic rings. The largest absolute Gasteiger partial charge is 0.351 e. The predicted molar refractivity (Wildman–Crippen MR) is 103 cm³/mol. The van der Waals surface area contributed by atoms with Gasteiger partial charge in [-0.05, 0) is 53.9 Å². The number of carbonyl (C=O) groups excluding carboxylic acids is 2. The van der Waals surface area contributed by atoms with E-state index in [0.29, 0.717) is 18.9 Å². The zero-order valence-corrected chi connectivity index (χ0v) is 15.4. The number of hydrogen-bond acceptors (Lipinski definition) is 2. The van der Waals surface area contributed by atoms with Gasteiger partial charge < -0.3 is 10.2 Å². The maximum absolute atomic E-state index is 13.3. The summed E-state index contributed by atoms with van der Waals surface area (Å²) in [7, 11) is 0. The van der Waals surface area contributed by atoms with Crippen LogP contribution in [0.25, 0.3) is 0 Å². The standard InChI is InChI=1S/C23H24N2O2/c26-21-13-18-7-3-4-8-20(18)22(25(21)14-15-9-10-15)23(27)24-19-11-16-5-1-2-6-17(16)12-19/h1-8,15,19,22H,9-14H2,(H,24,27). The number of carbonyl (C=O) groups is 2. The van der Waals surface area contributed by atoms with Gasteiger partial charge in [0.05, 0.1) is 6.42 Å². The molecular formula is C23H24N2O2. The molecule has 2 aliphatic carbocycles. The van der Waals surface area contributed by atoms with Crippen LogP contribution in [-0.2, 0) is 28.9 Å². The molecule has 4 heteroatoms. The normalized spacial score (nSPS) is 21.7. The van der Waals surface area contributed by atoms with Crippen LogP contribution in [-0.4, -0.2) is 29.3 Å². The maximum atomic E-state index is 13.3. The zero-order valence-electron chi connectivity index (χ0n) is 15.4. The molecule has 3 aliphatic rings. The van der Waals surface area contributed by atoms with Crippen LogP contribution in [0.15, 0.2) is 48.5 Å². The molecule has 1 aliphatic heterocycles. The lowest BCUT2D eigenvalue weighted by atomic mass is 9.91. The van der Waals surface area contributed by atoms with E-state index < -0.39 is 6.04 Å². The molecule has 138 valence electrons. The minimum atomic E-state index is -0.494. The highest BCUT2D eigenvalue weighted by Crippen LogP contribution is 2.37. The highest BCUT2D eigenvalue weighted by Gasteiger charge is 2.40. The summed E-state index contributed by atoms with van der Waals surface area (Å²) in [6.45, 7) is 0.705. The van der Waals surface area contributed by atoms with Crippen molar-refractivity contribution in [2.24, 2.45) is 5.92 Å². The first-order chi connectivity index (χ1) is 13.2. The molecule has 2 amide bonds. The highest BCUT2D eigenvalue weighted by molar-refractivity contribution is 5.92. The number of nitrogens with one attached hydrogen (secondary N) is 1. The van der Waals surface area contributed by atoms with E-state index in [2.05, 4.69) is 29.6 Å². The number of benzene rings is 2. The first-order valence-electron chi connectivity index (χ1n) is 9.93. The van der Waals surface area contributed by atoms with E-state index in [0.717, 1.165) is 36.8 Å². The molecule has 0 saturated heterocycles. The van der Waals surface area contributed by atoms with Gasteiger partial charge in [0.1, 0.15) is 6.04 Å². The molecule has 0 spiro atoms. The van der Waals surface area contributed by atoms with Crippen molar-refractivity contribution >= 4 is 11.8 Å². The van der Waals surface area contributed by atoms with Crippen molar-refractivity contribution in [2.75, 3.05) is 6.54 Å². The fourth-order valence-corrected chi connectivity index (χ4v) is 4.55. The fourth-order valence-electron chi connectivity index (χ4n) is 4.55. The number of rotatable bonds is 4. The molecule has 1 saturated carbocycles. The smallest absolute Gasteiger partial charge is 0.247 e. The van der Waals surface area contributed by atoms with Crippen LogP contribution in [0, 0.1) is 5.92 Å². The third-order valence-electron chi connectivity index (χ3n) is 6.12. The average molecular weight is 360 g/mol. The van der Waals surface area contributed by atoms with Gasteiger partial charge in [-0.2, -0.15) is 0 Å². The molecule has 5 rings (SSSR count). The molecule has 27 heavy (non-hydrogen) atoms. The third kappa shape index (κ3) is 3.14. The molecule has 0 aromatic heterocycles. The van der Waals surface area contributed by atoms with E-state index in [9.17, 15) is 9.59 Å². The third-order valence-corrected chi connectivity index (χ3v) is 6.12. The Kier molecular flexibility index (Phi) is 4.00. The van der Waals surface area contributed by atoms with Crippen molar-refractivity contribution in [2.45, 2.75) is 44.2 Å². The molecule has 1 N–H and O–H groups in total. The van der Waals surface area contributed by atoms with Crippen LogP contribution in [0.2, 0.25) is 0 Å². The Morgan fingerprint density at radius 3 is 2.26 bits per heavy atom. The van der Waals surface area contributed by atoms with E-state index in [1.165, 1.54) is 11.1 Å². The average Bonchev–Trinajstić information content (AvgIpc) is 3.39. The van der Waals surface area contributed by atoms with Gasteiger partial charge >= 0.3 is 0 Å². The van der Waals surface area contributed by atoms with Gasteiger partial charge in [0, 0.05) is 12.6 Å². The topological polar surface area (TPSA) is 49.4 Å². The highest BCUT2D eigenvalue weighted by atomic mass is 16.2. The molecule has 4 nitrogen and oxygen atoms in total. The summed E-state index contributed by atoms with van der Waals surface area (Å²) >= 11 is 0. The van der Waals surface area contributed by atoms with Crippen molar-refractivity contribution in [3.63, 3.8) is 0 Å². The van der Waals surface area contributed by atoms with Gasteiger partial charge in [0.2, 0.25) is 11.8 Å². The Hall–Kier alpha value is -2.62. The van der Waals surface area contributed by atoms with E-state index in [1.807, 2.05) is 29.2 Å². The summed E-state index contributed by atoms with van der Waals surface area (Å²) in [5, 5.41) is 3.25. The van der Waals surface area contributed by atoms with Gasteiger partial charge in [-0.3, -0.25) is 9.59 Å². The zero-order chi connectivity index (χ0) is 18.4.